The van der Waals surface area contributed by atoms with Crippen LogP contribution in [-0.2, 0) is 13.0 Å². The maximum absolute atomic E-state index is 5.76. The molecule has 0 bridgehead atoms. The average Bonchev–Trinajstić information content (AvgIpc) is 2.64. The molecule has 0 N–H and O–H groups in total. The lowest BCUT2D eigenvalue weighted by atomic mass is 10.3. The molecular weight excluding hydrogens is 277 g/mol. The number of nitrogens with zero attached hydrogens (tertiary/aromatic N) is 3. The molecule has 0 fully saturated rings. The first-order valence-electron chi connectivity index (χ1n) is 4.52. The second-order valence-corrected chi connectivity index (χ2v) is 4.49. The van der Waals surface area contributed by atoms with Gasteiger partial charge in [-0.2, -0.15) is 5.10 Å². The van der Waals surface area contributed by atoms with Gasteiger partial charge < -0.3 is 0 Å². The van der Waals surface area contributed by atoms with Crippen molar-refractivity contribution < 1.29 is 0 Å². The van der Waals surface area contributed by atoms with Crippen molar-refractivity contribution in [1.82, 2.24) is 14.8 Å². The predicted molar refractivity (Wildman–Crippen MR) is 62.9 cm³/mol. The molecule has 0 amide bonds. The lowest BCUT2D eigenvalue weighted by Gasteiger charge is -2.01. The molecule has 78 valence electrons. The van der Waals surface area contributed by atoms with Crippen molar-refractivity contribution in [3.8, 4) is 0 Å². The molecule has 2 heterocycles. The van der Waals surface area contributed by atoms with Crippen LogP contribution in [-0.4, -0.2) is 14.8 Å². The van der Waals surface area contributed by atoms with Crippen LogP contribution in [0, 0.1) is 0 Å². The fraction of sp³-hybridized carbons (Fsp3) is 0.200. The number of hydrogen-bond acceptors (Lipinski definition) is 2. The minimum Gasteiger partial charge on any atom is -0.271 e. The van der Waals surface area contributed by atoms with Crippen LogP contribution in [0.5, 0.6) is 0 Å². The average molecular weight is 287 g/mol. The normalized spacial score (nSPS) is 10.5. The van der Waals surface area contributed by atoms with Gasteiger partial charge in [0.05, 0.1) is 11.2 Å². The van der Waals surface area contributed by atoms with Crippen LogP contribution < -0.4 is 0 Å². The molecule has 5 heteroatoms. The number of rotatable bonds is 3. The molecule has 0 unspecified atom stereocenters. The van der Waals surface area contributed by atoms with E-state index in [1.165, 1.54) is 0 Å². The van der Waals surface area contributed by atoms with Crippen LogP contribution in [0.1, 0.15) is 5.69 Å². The van der Waals surface area contributed by atoms with Gasteiger partial charge in [0.25, 0.3) is 0 Å². The van der Waals surface area contributed by atoms with Crippen molar-refractivity contribution >= 4 is 27.5 Å². The molecule has 0 saturated heterocycles. The zero-order valence-electron chi connectivity index (χ0n) is 7.90. The quantitative estimate of drug-likeness (QED) is 0.868. The van der Waals surface area contributed by atoms with Gasteiger partial charge in [0.15, 0.2) is 0 Å². The molecule has 3 nitrogen and oxygen atoms in total. The van der Waals surface area contributed by atoms with E-state index in [2.05, 4.69) is 26.0 Å². The maximum atomic E-state index is 5.76. The van der Waals surface area contributed by atoms with Crippen molar-refractivity contribution in [2.75, 3.05) is 0 Å². The first-order valence-corrected chi connectivity index (χ1v) is 5.69. The number of halogens is 2. The van der Waals surface area contributed by atoms with E-state index < -0.39 is 0 Å². The van der Waals surface area contributed by atoms with Crippen LogP contribution in [0.25, 0.3) is 0 Å². The first kappa shape index (κ1) is 10.6. The first-order chi connectivity index (χ1) is 7.24. The second kappa shape index (κ2) is 4.77. The SMILES string of the molecule is Clc1cnn(CCc2ccc(Br)cn2)c1. The van der Waals surface area contributed by atoms with Crippen molar-refractivity contribution in [2.45, 2.75) is 13.0 Å². The second-order valence-electron chi connectivity index (χ2n) is 3.14. The maximum Gasteiger partial charge on any atom is 0.0785 e. The fourth-order valence-corrected chi connectivity index (χ4v) is 1.63. The van der Waals surface area contributed by atoms with Gasteiger partial charge in [-0.15, -0.1) is 0 Å². The van der Waals surface area contributed by atoms with Crippen molar-refractivity contribution in [3.63, 3.8) is 0 Å². The Morgan fingerprint density at radius 3 is 2.80 bits per heavy atom. The Balaban J connectivity index is 1.96. The van der Waals surface area contributed by atoms with Gasteiger partial charge in [0, 0.05) is 35.5 Å². The third-order valence-electron chi connectivity index (χ3n) is 1.99. The van der Waals surface area contributed by atoms with Crippen molar-refractivity contribution in [2.24, 2.45) is 0 Å². The lowest BCUT2D eigenvalue weighted by molar-refractivity contribution is 0.608. The minimum atomic E-state index is 0.666. The molecule has 0 atom stereocenters. The summed E-state index contributed by atoms with van der Waals surface area (Å²) in [5.41, 5.74) is 1.05. The van der Waals surface area contributed by atoms with Gasteiger partial charge in [-0.05, 0) is 28.1 Å². The van der Waals surface area contributed by atoms with E-state index in [0.29, 0.717) is 5.02 Å². The highest BCUT2D eigenvalue weighted by molar-refractivity contribution is 9.10. The van der Waals surface area contributed by atoms with Gasteiger partial charge >= 0.3 is 0 Å². The highest BCUT2D eigenvalue weighted by Gasteiger charge is 1.98. The van der Waals surface area contributed by atoms with Crippen LogP contribution in [0.2, 0.25) is 5.02 Å². The Hall–Kier alpha value is -0.870. The Morgan fingerprint density at radius 2 is 2.20 bits per heavy atom. The number of pyridine rings is 1. The summed E-state index contributed by atoms with van der Waals surface area (Å²) in [5, 5.41) is 4.76. The summed E-state index contributed by atoms with van der Waals surface area (Å²) in [5.74, 6) is 0. The van der Waals surface area contributed by atoms with Crippen molar-refractivity contribution in [1.29, 1.82) is 0 Å². The Morgan fingerprint density at radius 1 is 1.33 bits per heavy atom. The molecule has 0 radical (unpaired) electrons. The highest BCUT2D eigenvalue weighted by atomic mass is 79.9. The Kier molecular flexibility index (Phi) is 3.38. The third-order valence-corrected chi connectivity index (χ3v) is 2.65. The lowest BCUT2D eigenvalue weighted by Crippen LogP contribution is -2.02. The molecule has 0 saturated carbocycles. The summed E-state index contributed by atoms with van der Waals surface area (Å²) >= 11 is 9.11. The molecule has 2 rings (SSSR count). The molecular formula is C10H9BrClN3. The number of hydrogen-bond donors (Lipinski definition) is 0. The predicted octanol–water partition coefficient (Wildman–Crippen LogP) is 2.94. The van der Waals surface area contributed by atoms with E-state index in [-0.39, 0.29) is 0 Å². The molecule has 2 aromatic rings. The largest absolute Gasteiger partial charge is 0.271 e. The zero-order valence-corrected chi connectivity index (χ0v) is 10.2. The summed E-state index contributed by atoms with van der Waals surface area (Å²) in [4.78, 5) is 4.28. The summed E-state index contributed by atoms with van der Waals surface area (Å²) < 4.78 is 2.81. The standard InChI is InChI=1S/C10H9BrClN3/c11-8-1-2-10(13-5-8)3-4-15-7-9(12)6-14-15/h1-2,5-7H,3-4H2. The van der Waals surface area contributed by atoms with E-state index >= 15 is 0 Å². The highest BCUT2D eigenvalue weighted by Crippen LogP contribution is 2.09. The van der Waals surface area contributed by atoms with E-state index in [4.69, 9.17) is 11.6 Å². The minimum absolute atomic E-state index is 0.666. The van der Waals surface area contributed by atoms with Crippen molar-refractivity contribution in [3.05, 3.63) is 45.9 Å². The van der Waals surface area contributed by atoms with Gasteiger partial charge in [-0.3, -0.25) is 9.67 Å². The van der Waals surface area contributed by atoms with Gasteiger partial charge in [-0.1, -0.05) is 11.6 Å². The number of aryl methyl sites for hydroxylation is 2. The Bertz CT molecular complexity index is 438. The van der Waals surface area contributed by atoms with Crippen LogP contribution >= 0.6 is 27.5 Å². The fourth-order valence-electron chi connectivity index (χ4n) is 1.24. The van der Waals surface area contributed by atoms with E-state index in [1.54, 1.807) is 18.6 Å². The smallest absolute Gasteiger partial charge is 0.0785 e. The molecule has 0 spiro atoms. The van der Waals surface area contributed by atoms with Crippen LogP contribution in [0.3, 0.4) is 0 Å². The summed E-state index contributed by atoms with van der Waals surface area (Å²) in [6.45, 7) is 0.793. The molecule has 0 aliphatic carbocycles. The number of aromatic nitrogens is 3. The zero-order chi connectivity index (χ0) is 10.7. The van der Waals surface area contributed by atoms with Gasteiger partial charge in [-0.25, -0.2) is 0 Å². The van der Waals surface area contributed by atoms with Crippen LogP contribution in [0.4, 0.5) is 0 Å². The summed E-state index contributed by atoms with van der Waals surface area (Å²) in [7, 11) is 0. The monoisotopic (exact) mass is 285 g/mol. The molecule has 2 aromatic heterocycles. The van der Waals surface area contributed by atoms with E-state index in [1.807, 2.05) is 16.8 Å². The van der Waals surface area contributed by atoms with E-state index in [9.17, 15) is 0 Å². The Labute approximate surface area is 101 Å². The molecule has 0 aliphatic heterocycles. The summed E-state index contributed by atoms with van der Waals surface area (Å²) in [6.07, 6.45) is 6.09. The summed E-state index contributed by atoms with van der Waals surface area (Å²) in [6, 6.07) is 3.98. The topological polar surface area (TPSA) is 30.7 Å². The molecule has 0 aromatic carbocycles. The van der Waals surface area contributed by atoms with Gasteiger partial charge in [0.2, 0.25) is 0 Å². The van der Waals surface area contributed by atoms with E-state index in [0.717, 1.165) is 23.1 Å². The van der Waals surface area contributed by atoms with Crippen LogP contribution in [0.15, 0.2) is 35.2 Å². The molecule has 15 heavy (non-hydrogen) atoms. The van der Waals surface area contributed by atoms with Gasteiger partial charge in [0.1, 0.15) is 0 Å². The third kappa shape index (κ3) is 3.04. The molecule has 0 aliphatic rings.